The molecule has 17 heteroatoms. The van der Waals surface area contributed by atoms with E-state index in [1.165, 1.54) is 0 Å². The number of amides is 5. The Labute approximate surface area is 351 Å². The number of nitrogens with two attached hydrogens (primary N) is 1. The quantitative estimate of drug-likeness (QED) is 0.0797. The molecule has 1 aliphatic heterocycles. The van der Waals surface area contributed by atoms with Crippen LogP contribution in [0.2, 0.25) is 0 Å². The van der Waals surface area contributed by atoms with Crippen LogP contribution >= 0.6 is 11.8 Å². The highest BCUT2D eigenvalue weighted by Crippen LogP contribution is 2.41. The highest BCUT2D eigenvalue weighted by atomic mass is 32.2. The lowest BCUT2D eigenvalue weighted by Gasteiger charge is -2.41. The minimum atomic E-state index is -1.16. The predicted octanol–water partition coefficient (Wildman–Crippen LogP) is 4.08. The number of benzene rings is 2. The first kappa shape index (κ1) is 47.0. The molecule has 0 radical (unpaired) electrons. The molecule has 2 aromatic carbocycles. The minimum Gasteiger partial charge on any atom is -0.481 e. The van der Waals surface area contributed by atoms with E-state index in [0.29, 0.717) is 24.2 Å². The molecule has 0 spiro atoms. The average molecular weight is 851 g/mol. The molecular formula is C43H52F2N6O8S. The first-order valence-electron chi connectivity index (χ1n) is 19.6. The molecule has 3 aromatic rings. The number of carboxylic acids is 1. The summed E-state index contributed by atoms with van der Waals surface area (Å²) in [6.07, 6.45) is 3.34. The van der Waals surface area contributed by atoms with Crippen molar-refractivity contribution < 1.29 is 47.4 Å². The number of aromatic nitrogens is 1. The Kier molecular flexibility index (Phi) is 17.3. The SMILES string of the molecule is CC(C)(C)[C@H](c1cc(-c2cc(F)ccc2F)cn1Cc1ccccc1)N(CCCN)C(=O)CSC[C@H](CC(=O)CCC(=O)O)C(=O)NCCNC(=O)CN1C(=O)C=CC1=O. The summed E-state index contributed by atoms with van der Waals surface area (Å²) in [6, 6.07) is 14.0. The number of imide groups is 1. The zero-order chi connectivity index (χ0) is 44.0. The van der Waals surface area contributed by atoms with Crippen molar-refractivity contribution in [3.8, 4) is 11.1 Å². The van der Waals surface area contributed by atoms with Crippen LogP contribution in [0.3, 0.4) is 0 Å². The smallest absolute Gasteiger partial charge is 0.303 e. The molecule has 2 heterocycles. The molecule has 14 nitrogen and oxygen atoms in total. The summed E-state index contributed by atoms with van der Waals surface area (Å²) in [6.45, 7) is 6.25. The van der Waals surface area contributed by atoms with Gasteiger partial charge in [-0.25, -0.2) is 8.78 Å². The molecule has 1 aliphatic rings. The summed E-state index contributed by atoms with van der Waals surface area (Å²) in [4.78, 5) is 89.9. The molecule has 0 bridgehead atoms. The number of carbonyl (C=O) groups is 7. The highest BCUT2D eigenvalue weighted by molar-refractivity contribution is 7.99. The molecule has 4 rings (SSSR count). The molecule has 2 atom stereocenters. The van der Waals surface area contributed by atoms with Gasteiger partial charge in [-0.05, 0) is 48.2 Å². The van der Waals surface area contributed by atoms with E-state index < -0.39 is 77.4 Å². The molecule has 0 unspecified atom stereocenters. The maximum atomic E-state index is 15.2. The Morgan fingerprint density at radius 3 is 2.27 bits per heavy atom. The zero-order valence-electron chi connectivity index (χ0n) is 34.0. The van der Waals surface area contributed by atoms with Crippen molar-refractivity contribution in [1.82, 2.24) is 25.0 Å². The largest absolute Gasteiger partial charge is 0.481 e. The van der Waals surface area contributed by atoms with Crippen LogP contribution < -0.4 is 16.4 Å². The van der Waals surface area contributed by atoms with Gasteiger partial charge in [0.1, 0.15) is 24.0 Å². The molecule has 0 aliphatic carbocycles. The zero-order valence-corrected chi connectivity index (χ0v) is 34.8. The number of carbonyl (C=O) groups excluding carboxylic acids is 6. The van der Waals surface area contributed by atoms with Crippen LogP contribution in [0.25, 0.3) is 11.1 Å². The van der Waals surface area contributed by atoms with Gasteiger partial charge < -0.3 is 30.9 Å². The topological polar surface area (TPSA) is 201 Å². The molecule has 5 N–H and O–H groups in total. The fraction of sp³-hybridized carbons (Fsp3) is 0.419. The van der Waals surface area contributed by atoms with Gasteiger partial charge in [0.2, 0.25) is 17.7 Å². The maximum Gasteiger partial charge on any atom is 0.303 e. The van der Waals surface area contributed by atoms with E-state index in [0.717, 1.165) is 52.6 Å². The summed E-state index contributed by atoms with van der Waals surface area (Å²) in [7, 11) is 0. The average Bonchev–Trinajstić information content (AvgIpc) is 3.74. The molecule has 1 aromatic heterocycles. The van der Waals surface area contributed by atoms with Gasteiger partial charge in [-0.2, -0.15) is 11.8 Å². The number of hydrogen-bond acceptors (Lipinski definition) is 9. The summed E-state index contributed by atoms with van der Waals surface area (Å²) < 4.78 is 31.5. The van der Waals surface area contributed by atoms with Crippen molar-refractivity contribution in [2.24, 2.45) is 17.1 Å². The fourth-order valence-corrected chi connectivity index (χ4v) is 7.82. The molecule has 0 saturated carbocycles. The van der Waals surface area contributed by atoms with E-state index in [1.54, 1.807) is 17.2 Å². The van der Waals surface area contributed by atoms with Crippen LogP contribution in [0.15, 0.2) is 72.9 Å². The summed E-state index contributed by atoms with van der Waals surface area (Å²) in [5.74, 6) is -6.54. The van der Waals surface area contributed by atoms with Gasteiger partial charge in [-0.1, -0.05) is 51.1 Å². The normalized spacial score (nSPS) is 13.6. The second-order valence-corrected chi connectivity index (χ2v) is 16.5. The maximum absolute atomic E-state index is 15.2. The third-order valence-corrected chi connectivity index (χ3v) is 10.7. The van der Waals surface area contributed by atoms with E-state index in [9.17, 15) is 38.0 Å². The lowest BCUT2D eigenvalue weighted by Crippen LogP contribution is -2.44. The van der Waals surface area contributed by atoms with Gasteiger partial charge in [0.05, 0.1) is 24.1 Å². The van der Waals surface area contributed by atoms with Gasteiger partial charge in [0.25, 0.3) is 11.8 Å². The Hall–Kier alpha value is -5.68. The van der Waals surface area contributed by atoms with Crippen molar-refractivity contribution in [2.45, 2.75) is 59.0 Å². The van der Waals surface area contributed by atoms with Crippen molar-refractivity contribution in [1.29, 1.82) is 0 Å². The minimum absolute atomic E-state index is 0.0211. The molecular weight excluding hydrogens is 799 g/mol. The first-order chi connectivity index (χ1) is 28.5. The van der Waals surface area contributed by atoms with Crippen molar-refractivity contribution >= 4 is 53.1 Å². The number of Topliss-reactive ketones (excluding diaryl/α,β-unsaturated/α-hetero) is 1. The van der Waals surface area contributed by atoms with E-state index >= 15 is 4.39 Å². The Morgan fingerprint density at radius 1 is 0.933 bits per heavy atom. The van der Waals surface area contributed by atoms with Gasteiger partial charge in [0.15, 0.2) is 0 Å². The number of aliphatic carboxylic acids is 1. The Balaban J connectivity index is 1.53. The van der Waals surface area contributed by atoms with Crippen LogP contribution in [0.5, 0.6) is 0 Å². The van der Waals surface area contributed by atoms with Crippen LogP contribution in [-0.4, -0.2) is 105 Å². The van der Waals surface area contributed by atoms with E-state index in [2.05, 4.69) is 10.6 Å². The van der Waals surface area contributed by atoms with Gasteiger partial charge in [-0.3, -0.25) is 38.5 Å². The second-order valence-electron chi connectivity index (χ2n) is 15.5. The third-order valence-electron chi connectivity index (χ3n) is 9.66. The number of rotatable bonds is 23. The van der Waals surface area contributed by atoms with Crippen LogP contribution in [-0.2, 0) is 40.1 Å². The third kappa shape index (κ3) is 13.7. The summed E-state index contributed by atoms with van der Waals surface area (Å²) >= 11 is 1.13. The van der Waals surface area contributed by atoms with Crippen LogP contribution in [0, 0.1) is 23.0 Å². The van der Waals surface area contributed by atoms with Gasteiger partial charge >= 0.3 is 5.97 Å². The number of hydrogen-bond donors (Lipinski definition) is 4. The second kappa shape index (κ2) is 22.1. The number of nitrogens with one attached hydrogen (secondary N) is 2. The number of thioether (sulfide) groups is 1. The van der Waals surface area contributed by atoms with Crippen LogP contribution in [0.4, 0.5) is 8.78 Å². The predicted molar refractivity (Wildman–Crippen MR) is 222 cm³/mol. The van der Waals surface area contributed by atoms with Crippen LogP contribution in [0.1, 0.15) is 63.8 Å². The molecule has 0 saturated heterocycles. The molecule has 5 amide bonds. The van der Waals surface area contributed by atoms with E-state index in [1.807, 2.05) is 55.7 Å². The van der Waals surface area contributed by atoms with E-state index in [4.69, 9.17) is 10.8 Å². The summed E-state index contributed by atoms with van der Waals surface area (Å²) in [5, 5.41) is 14.3. The fourth-order valence-electron chi connectivity index (χ4n) is 6.81. The molecule has 0 fully saturated rings. The molecule has 322 valence electrons. The molecule has 60 heavy (non-hydrogen) atoms. The lowest BCUT2D eigenvalue weighted by atomic mass is 9.83. The highest BCUT2D eigenvalue weighted by Gasteiger charge is 2.37. The number of halogens is 2. The van der Waals surface area contributed by atoms with Crippen molar-refractivity contribution in [2.75, 3.05) is 44.2 Å². The Bertz CT molecular complexity index is 2050. The first-order valence-corrected chi connectivity index (χ1v) is 20.7. The van der Waals surface area contributed by atoms with E-state index in [-0.39, 0.29) is 62.0 Å². The van der Waals surface area contributed by atoms with Gasteiger partial charge in [-0.15, -0.1) is 0 Å². The number of carboxylic acid groups (broad SMARTS) is 1. The monoisotopic (exact) mass is 850 g/mol. The van der Waals surface area contributed by atoms with Gasteiger partial charge in [0, 0.05) is 79.9 Å². The Morgan fingerprint density at radius 2 is 1.62 bits per heavy atom. The lowest BCUT2D eigenvalue weighted by molar-refractivity contribution is -0.141. The number of ketones is 1. The summed E-state index contributed by atoms with van der Waals surface area (Å²) in [5.41, 5.74) is 7.49. The van der Waals surface area contributed by atoms with Crippen molar-refractivity contribution in [3.63, 3.8) is 0 Å². The number of nitrogens with zero attached hydrogens (tertiary/aromatic N) is 3. The van der Waals surface area contributed by atoms with Crippen molar-refractivity contribution in [3.05, 3.63) is 95.8 Å². The standard InChI is InChI=1S/C43H52F2N6O8S/c1-43(2,3)41(35-21-29(33-22-31(44)10-12-34(33)45)24-49(35)23-28-8-5-4-6-9-28)50(19-7-16-46)39(56)27-60-26-30(20-32(52)11-15-40(57)58)42(59)48-18-17-47-36(53)25-51-37(54)13-14-38(51)55/h4-6,8-10,12-14,21-22,24,30,41H,7,11,15-20,23,25-27,46H2,1-3H3,(H,47,53)(H,48,59)(H,57,58)/t30-,41-/m0/s1.